The van der Waals surface area contributed by atoms with E-state index in [1.54, 1.807) is 0 Å². The predicted molar refractivity (Wildman–Crippen MR) is 252 cm³/mol. The highest BCUT2D eigenvalue weighted by atomic mass is 32.1. The van der Waals surface area contributed by atoms with Gasteiger partial charge < -0.3 is 9.13 Å². The Labute approximate surface area is 370 Å². The molecule has 4 heteroatoms. The number of rotatable bonds is 6. The monoisotopic (exact) mass is 793 g/mol. The van der Waals surface area contributed by atoms with Crippen molar-refractivity contribution in [3.8, 4) is 11.4 Å². The molecule has 0 aliphatic heterocycles. The van der Waals surface area contributed by atoms with Gasteiger partial charge in [0.05, 0.1) is 61.2 Å². The van der Waals surface area contributed by atoms with Crippen molar-refractivity contribution in [3.63, 3.8) is 0 Å². The number of fused-ring (bicyclic) bond motifs is 10. The fourth-order valence-corrected chi connectivity index (χ4v) is 14.0. The number of thiophene rings is 1. The Hall–Kier alpha value is -6.98. The minimum atomic E-state index is -4.03. The zero-order valence-corrected chi connectivity index (χ0v) is 31.8. The molecule has 0 spiro atoms. The highest BCUT2D eigenvalue weighted by Gasteiger charge is 2.41. The largest absolute Gasteiger partial charge is 0.309 e. The van der Waals surface area contributed by atoms with Crippen LogP contribution in [0.2, 0.25) is 0 Å². The molecule has 2 nitrogen and oxygen atoms in total. The fraction of sp³-hybridized carbons (Fsp3) is 0. The summed E-state index contributed by atoms with van der Waals surface area (Å²) < 4.78 is 200. The molecule has 58 heavy (non-hydrogen) atoms. The van der Waals surface area contributed by atoms with E-state index in [0.29, 0.717) is 26.9 Å². The smallest absolute Gasteiger partial charge is 0.179 e. The number of hydrogen-bond donors (Lipinski definition) is 0. The van der Waals surface area contributed by atoms with Crippen molar-refractivity contribution in [2.45, 2.75) is 0 Å². The molecular weight excluding hydrogens is 737 g/mol. The SMILES string of the molecule is [2H]c1c([2H])c(-n2c3c([2H])c([2H])c([2H])c([2H])c3c3c([2H])c(-n4c5c([2H])c([2H])c([2H])c([2H])c5c5c([2H])c([2H])c([2H])c([2H])c54)c4sc5c([2H])c([2H])c([2H])c([2H])c5c4c32)c([2H])c([Si](c2ccccc2)(c2ccccc2)c2ccccc2)c1[2H]. The Morgan fingerprint density at radius 2 is 0.897 bits per heavy atom. The molecule has 9 aromatic carbocycles. The first kappa shape index (κ1) is 18.5. The van der Waals surface area contributed by atoms with Crippen molar-refractivity contribution in [2.75, 3.05) is 0 Å². The molecular formula is C54H36N2SSi. The molecule has 3 heterocycles. The van der Waals surface area contributed by atoms with Gasteiger partial charge in [-0.15, -0.1) is 11.3 Å². The van der Waals surface area contributed by atoms with Crippen molar-refractivity contribution in [2.24, 2.45) is 0 Å². The molecule has 0 saturated heterocycles. The van der Waals surface area contributed by atoms with Gasteiger partial charge in [-0.25, -0.2) is 0 Å². The number of benzene rings is 9. The second-order valence-corrected chi connectivity index (χ2v) is 18.4. The zero-order chi connectivity index (χ0) is 56.5. The normalized spacial score (nSPS) is 17.2. The van der Waals surface area contributed by atoms with Crippen molar-refractivity contribution in [1.29, 1.82) is 0 Å². The van der Waals surface area contributed by atoms with Gasteiger partial charge in [0.15, 0.2) is 8.07 Å². The number of para-hydroxylation sites is 3. The Bertz CT molecular complexity index is 4560. The standard InChI is InChI=1S/C54H36N2SSi/c1-4-20-38(21-5-1)58(39-22-6-2-7-23-39,40-24-8-3-9-25-40)41-26-18-19-37(35-41)55-47-31-14-12-29-44(47)46-36-50(54-52(53(46)55)45-30-13-17-34-51(45)57-54)56-48-32-15-10-27-42(48)43-28-11-16-33-49(43)56/h1-36H/i10D,11D,12D,13D,14D,15D,16D,17D,18D,19D,26D,27D,28D,29D,30D,31D,32D,33D,34D,35D,36D. The van der Waals surface area contributed by atoms with Crippen molar-refractivity contribution < 1.29 is 28.8 Å². The molecule has 12 aromatic rings. The lowest BCUT2D eigenvalue weighted by atomic mass is 10.1. The lowest BCUT2D eigenvalue weighted by molar-refractivity contribution is 1.18. The summed E-state index contributed by atoms with van der Waals surface area (Å²) in [6.07, 6.45) is 0. The van der Waals surface area contributed by atoms with Crippen LogP contribution in [-0.2, 0) is 0 Å². The van der Waals surface area contributed by atoms with E-state index in [9.17, 15) is 17.8 Å². The lowest BCUT2D eigenvalue weighted by Crippen LogP contribution is -2.74. The summed E-state index contributed by atoms with van der Waals surface area (Å²) in [5.74, 6) is 0. The molecule has 3 aromatic heterocycles. The van der Waals surface area contributed by atoms with Crippen LogP contribution in [0.1, 0.15) is 28.8 Å². The van der Waals surface area contributed by atoms with Crippen LogP contribution in [0.25, 0.3) is 75.2 Å². The van der Waals surface area contributed by atoms with Gasteiger partial charge >= 0.3 is 0 Å². The molecule has 0 saturated carbocycles. The van der Waals surface area contributed by atoms with Gasteiger partial charge in [-0.05, 0) is 63.0 Å². The first-order valence-electron chi connectivity index (χ1n) is 28.7. The van der Waals surface area contributed by atoms with Crippen LogP contribution in [0.4, 0.5) is 0 Å². The number of nitrogens with zero attached hydrogens (tertiary/aromatic N) is 2. The highest BCUT2D eigenvalue weighted by Crippen LogP contribution is 2.47. The molecule has 0 aliphatic rings. The van der Waals surface area contributed by atoms with E-state index in [1.165, 1.54) is 0 Å². The van der Waals surface area contributed by atoms with Gasteiger partial charge in [0.2, 0.25) is 0 Å². The third-order valence-electron chi connectivity index (χ3n) is 10.7. The molecule has 0 N–H and O–H groups in total. The molecule has 0 fully saturated rings. The summed E-state index contributed by atoms with van der Waals surface area (Å²) in [6.45, 7) is 0. The van der Waals surface area contributed by atoms with Gasteiger partial charge in [0.1, 0.15) is 0 Å². The fourth-order valence-electron chi connectivity index (χ4n) is 8.40. The third-order valence-corrected chi connectivity index (χ3v) is 16.4. The van der Waals surface area contributed by atoms with E-state index in [1.807, 2.05) is 91.0 Å². The van der Waals surface area contributed by atoms with Gasteiger partial charge in [-0.3, -0.25) is 0 Å². The Kier molecular flexibility index (Phi) is 4.16. The van der Waals surface area contributed by atoms with Gasteiger partial charge in [-0.2, -0.15) is 0 Å². The van der Waals surface area contributed by atoms with E-state index in [-0.39, 0.29) is 47.0 Å². The molecule has 0 radical (unpaired) electrons. The highest BCUT2D eigenvalue weighted by molar-refractivity contribution is 7.26. The molecule has 12 rings (SSSR count). The van der Waals surface area contributed by atoms with Gasteiger partial charge in [-0.1, -0.05) is 176 Å². The van der Waals surface area contributed by atoms with E-state index in [4.69, 9.17) is 11.0 Å². The number of hydrogen-bond acceptors (Lipinski definition) is 1. The molecule has 0 unspecified atom stereocenters. The maximum Gasteiger partial charge on any atom is 0.179 e. The van der Waals surface area contributed by atoms with Crippen LogP contribution in [0.5, 0.6) is 0 Å². The van der Waals surface area contributed by atoms with E-state index in [2.05, 4.69) is 0 Å². The maximum absolute atomic E-state index is 10.7. The van der Waals surface area contributed by atoms with Crippen LogP contribution in [0, 0.1) is 0 Å². The first-order chi connectivity index (χ1) is 37.5. The molecule has 0 bridgehead atoms. The zero-order valence-electron chi connectivity index (χ0n) is 51.0. The Morgan fingerprint density at radius 3 is 1.47 bits per heavy atom. The first-order valence-corrected chi connectivity index (χ1v) is 21.0. The molecule has 0 aliphatic carbocycles. The molecule has 0 amide bonds. The van der Waals surface area contributed by atoms with Crippen LogP contribution < -0.4 is 20.7 Å². The second-order valence-electron chi connectivity index (χ2n) is 13.6. The average molecular weight is 794 g/mol. The second kappa shape index (κ2) is 13.0. The third kappa shape index (κ3) is 4.70. The summed E-state index contributed by atoms with van der Waals surface area (Å²) in [5.41, 5.74) is -2.45. The Morgan fingerprint density at radius 1 is 0.414 bits per heavy atom. The van der Waals surface area contributed by atoms with E-state index < -0.39 is 168 Å². The van der Waals surface area contributed by atoms with Gasteiger partial charge in [0.25, 0.3) is 0 Å². The quantitative estimate of drug-likeness (QED) is 0.117. The van der Waals surface area contributed by atoms with E-state index in [0.717, 1.165) is 9.13 Å². The van der Waals surface area contributed by atoms with Crippen molar-refractivity contribution in [3.05, 3.63) is 218 Å². The van der Waals surface area contributed by atoms with Crippen LogP contribution in [0.15, 0.2) is 218 Å². The summed E-state index contributed by atoms with van der Waals surface area (Å²) >= 11 is 0.702. The average Bonchev–Trinajstić information content (AvgIpc) is 3.00. The van der Waals surface area contributed by atoms with Crippen LogP contribution in [-0.4, -0.2) is 17.2 Å². The van der Waals surface area contributed by atoms with Crippen LogP contribution >= 0.6 is 11.3 Å². The van der Waals surface area contributed by atoms with Gasteiger partial charge in [0, 0.05) is 42.7 Å². The topological polar surface area (TPSA) is 9.86 Å². The number of aromatic nitrogens is 2. The summed E-state index contributed by atoms with van der Waals surface area (Å²) in [5, 5.41) is 0.0845. The summed E-state index contributed by atoms with van der Waals surface area (Å²) in [4.78, 5) is 0. The summed E-state index contributed by atoms with van der Waals surface area (Å²) in [6, 6.07) is 12.7. The van der Waals surface area contributed by atoms with Crippen LogP contribution in [0.3, 0.4) is 0 Å². The van der Waals surface area contributed by atoms with Crippen molar-refractivity contribution in [1.82, 2.24) is 9.13 Å². The Balaban J connectivity index is 1.42. The van der Waals surface area contributed by atoms with Crippen molar-refractivity contribution >= 4 is 104 Å². The lowest BCUT2D eigenvalue weighted by Gasteiger charge is -2.34. The van der Waals surface area contributed by atoms with E-state index >= 15 is 0 Å². The summed E-state index contributed by atoms with van der Waals surface area (Å²) in [7, 11) is -4.03. The maximum atomic E-state index is 10.7. The molecule has 272 valence electrons. The minimum absolute atomic E-state index is 0.00698. The predicted octanol–water partition coefficient (Wildman–Crippen LogP) is 11.6. The molecule has 0 atom stereocenters. The minimum Gasteiger partial charge on any atom is -0.309 e.